The number of rotatable bonds is 10. The molecule has 1 aliphatic rings. The third kappa shape index (κ3) is 7.21. The molecule has 9 heteroatoms. The molecule has 0 amide bonds. The number of carboxylic acids is 1. The van der Waals surface area contributed by atoms with E-state index in [2.05, 4.69) is 0 Å². The molecule has 0 saturated heterocycles. The van der Waals surface area contributed by atoms with Gasteiger partial charge in [-0.25, -0.2) is 14.4 Å². The number of benzene rings is 2. The van der Waals surface area contributed by atoms with Crippen molar-refractivity contribution in [1.29, 1.82) is 0 Å². The second kappa shape index (κ2) is 12.6. The molecule has 2 atom stereocenters. The Bertz CT molecular complexity index is 1220. The van der Waals surface area contributed by atoms with Crippen LogP contribution in [-0.2, 0) is 4.79 Å². The minimum Gasteiger partial charge on any atom is -1.00 e. The first-order chi connectivity index (χ1) is 16.8. The Morgan fingerprint density at radius 3 is 2.33 bits per heavy atom. The van der Waals surface area contributed by atoms with Gasteiger partial charge in [0.25, 0.3) is 0 Å². The Hall–Kier alpha value is -2.62. The zero-order valence-corrected chi connectivity index (χ0v) is 22.3. The summed E-state index contributed by atoms with van der Waals surface area (Å²) in [5.74, 6) is -0.00746. The van der Waals surface area contributed by atoms with Crippen molar-refractivity contribution in [2.75, 3.05) is 7.11 Å². The summed E-state index contributed by atoms with van der Waals surface area (Å²) in [4.78, 5) is 20.5. The largest absolute Gasteiger partial charge is 1.00 e. The number of ether oxygens (including phenoxy) is 1. The maximum absolute atomic E-state index is 13.6. The van der Waals surface area contributed by atoms with Gasteiger partial charge in [0, 0.05) is 29.0 Å². The first-order valence-electron chi connectivity index (χ1n) is 11.4. The van der Waals surface area contributed by atoms with Crippen molar-refractivity contribution in [3.8, 4) is 28.4 Å². The van der Waals surface area contributed by atoms with Gasteiger partial charge in [-0.3, -0.25) is 4.79 Å². The van der Waals surface area contributed by atoms with Gasteiger partial charge >= 0.3 is 35.5 Å². The van der Waals surface area contributed by atoms with Crippen LogP contribution in [0.25, 0.3) is 28.7 Å². The van der Waals surface area contributed by atoms with Gasteiger partial charge in [0.15, 0.2) is 5.82 Å². The van der Waals surface area contributed by atoms with Crippen molar-refractivity contribution in [3.63, 3.8) is 0 Å². The van der Waals surface area contributed by atoms with E-state index in [0.717, 1.165) is 24.1 Å². The Balaban J connectivity index is 0.00000241. The molecule has 0 radical (unpaired) electrons. The molecular weight excluding hydrogens is 474 g/mol. The standard InChI is InChI=1S/C27H27FN2O5.Na.H/c1-35-22-11-6-18(7-12-22)27-29-25(16-2-3-16)23(13-10-20(31)14-21(32)15-24(33)34)26(30-27)17-4-8-19(28)9-5-17;;/h4-13,16,20-21,31-32H,2-3,14-15H2,1H3,(H,33,34);;/q;+1;-1/b13-10+;;. The smallest absolute Gasteiger partial charge is 1.00 e. The van der Waals surface area contributed by atoms with Crippen LogP contribution < -0.4 is 34.3 Å². The summed E-state index contributed by atoms with van der Waals surface area (Å²) in [7, 11) is 1.60. The van der Waals surface area contributed by atoms with Crippen LogP contribution in [0, 0.1) is 5.82 Å². The topological polar surface area (TPSA) is 113 Å². The van der Waals surface area contributed by atoms with E-state index in [-0.39, 0.29) is 49.1 Å². The maximum Gasteiger partial charge on any atom is 1.00 e. The van der Waals surface area contributed by atoms with Crippen LogP contribution in [-0.4, -0.2) is 50.6 Å². The molecule has 3 aromatic rings. The zero-order valence-electron chi connectivity index (χ0n) is 21.3. The molecule has 184 valence electrons. The zero-order chi connectivity index (χ0) is 24.9. The fourth-order valence-corrected chi connectivity index (χ4v) is 3.87. The summed E-state index contributed by atoms with van der Waals surface area (Å²) in [6.45, 7) is 0. The van der Waals surface area contributed by atoms with E-state index in [0.29, 0.717) is 28.4 Å². The third-order valence-electron chi connectivity index (χ3n) is 5.81. The minimum atomic E-state index is -1.17. The van der Waals surface area contributed by atoms with E-state index >= 15 is 0 Å². The van der Waals surface area contributed by atoms with Gasteiger partial charge in [-0.2, -0.15) is 0 Å². The number of carbonyl (C=O) groups is 1. The van der Waals surface area contributed by atoms with Crippen molar-refractivity contribution in [2.45, 2.75) is 43.8 Å². The molecule has 1 aliphatic carbocycles. The molecule has 2 aromatic carbocycles. The van der Waals surface area contributed by atoms with Crippen LogP contribution in [0.4, 0.5) is 4.39 Å². The van der Waals surface area contributed by atoms with Crippen LogP contribution >= 0.6 is 0 Å². The first-order valence-corrected chi connectivity index (χ1v) is 11.4. The summed E-state index contributed by atoms with van der Waals surface area (Å²) < 4.78 is 18.9. The molecule has 3 N–H and O–H groups in total. The van der Waals surface area contributed by atoms with Gasteiger partial charge in [0.2, 0.25) is 0 Å². The van der Waals surface area contributed by atoms with E-state index < -0.39 is 24.6 Å². The van der Waals surface area contributed by atoms with E-state index in [1.54, 1.807) is 25.3 Å². The average molecular weight is 503 g/mol. The Morgan fingerprint density at radius 1 is 1.11 bits per heavy atom. The molecule has 1 aromatic heterocycles. The molecule has 0 spiro atoms. The predicted octanol–water partition coefficient (Wildman–Crippen LogP) is 1.55. The number of aromatic nitrogens is 2. The van der Waals surface area contributed by atoms with E-state index in [1.807, 2.05) is 24.3 Å². The Labute approximate surface area is 232 Å². The van der Waals surface area contributed by atoms with Gasteiger partial charge in [0.05, 0.1) is 37.1 Å². The molecule has 7 nitrogen and oxygen atoms in total. The molecule has 1 heterocycles. The van der Waals surface area contributed by atoms with E-state index in [4.69, 9.17) is 19.8 Å². The predicted molar refractivity (Wildman–Crippen MR) is 130 cm³/mol. The number of aliphatic carboxylic acids is 1. The summed E-state index contributed by atoms with van der Waals surface area (Å²) in [5.41, 5.74) is 3.65. The van der Waals surface area contributed by atoms with Gasteiger partial charge in [-0.05, 0) is 61.4 Å². The van der Waals surface area contributed by atoms with E-state index in [9.17, 15) is 19.4 Å². The number of aliphatic hydroxyl groups excluding tert-OH is 2. The van der Waals surface area contributed by atoms with Crippen LogP contribution in [0.3, 0.4) is 0 Å². The third-order valence-corrected chi connectivity index (χ3v) is 5.81. The Morgan fingerprint density at radius 2 is 1.75 bits per heavy atom. The molecule has 0 aliphatic heterocycles. The average Bonchev–Trinajstić information content (AvgIpc) is 3.68. The number of hydrogen-bond donors (Lipinski definition) is 3. The number of nitrogens with zero attached hydrogens (tertiary/aromatic N) is 2. The second-order valence-corrected chi connectivity index (χ2v) is 8.62. The van der Waals surface area contributed by atoms with Crippen LogP contribution in [0.5, 0.6) is 5.75 Å². The number of hydrogen-bond acceptors (Lipinski definition) is 6. The van der Waals surface area contributed by atoms with Gasteiger partial charge < -0.3 is 21.5 Å². The van der Waals surface area contributed by atoms with Crippen molar-refractivity contribution in [2.24, 2.45) is 0 Å². The minimum absolute atomic E-state index is 0. The van der Waals surface area contributed by atoms with Gasteiger partial charge in [-0.15, -0.1) is 0 Å². The summed E-state index contributed by atoms with van der Waals surface area (Å²) in [6.07, 6.45) is 2.39. The van der Waals surface area contributed by atoms with Crippen molar-refractivity contribution < 1.29 is 60.2 Å². The van der Waals surface area contributed by atoms with Crippen LogP contribution in [0.1, 0.15) is 44.3 Å². The van der Waals surface area contributed by atoms with E-state index in [1.165, 1.54) is 18.2 Å². The molecule has 2 unspecified atom stereocenters. The fourth-order valence-electron chi connectivity index (χ4n) is 3.87. The van der Waals surface area contributed by atoms with Crippen LogP contribution in [0.15, 0.2) is 54.6 Å². The molecule has 4 rings (SSSR count). The summed E-state index contributed by atoms with van der Waals surface area (Å²) in [5, 5.41) is 29.1. The summed E-state index contributed by atoms with van der Waals surface area (Å²) in [6, 6.07) is 13.5. The van der Waals surface area contributed by atoms with Crippen molar-refractivity contribution in [1.82, 2.24) is 9.97 Å². The quantitative estimate of drug-likeness (QED) is 0.361. The molecule has 1 saturated carbocycles. The first kappa shape index (κ1) is 28.0. The van der Waals surface area contributed by atoms with Gasteiger partial charge in [-0.1, -0.05) is 12.2 Å². The fraction of sp³-hybridized carbons (Fsp3) is 0.296. The number of methoxy groups -OCH3 is 1. The number of carboxylic acid groups (broad SMARTS) is 1. The normalized spacial score (nSPS) is 14.8. The summed E-state index contributed by atoms with van der Waals surface area (Å²) >= 11 is 0. The van der Waals surface area contributed by atoms with Crippen molar-refractivity contribution >= 4 is 12.0 Å². The van der Waals surface area contributed by atoms with Gasteiger partial charge in [0.1, 0.15) is 11.6 Å². The molecular formula is C27H28FN2NaO5. The number of aliphatic hydroxyl groups is 2. The Kier molecular flexibility index (Phi) is 9.76. The maximum atomic E-state index is 13.6. The van der Waals surface area contributed by atoms with Crippen LogP contribution in [0.2, 0.25) is 0 Å². The monoisotopic (exact) mass is 502 g/mol. The molecule has 36 heavy (non-hydrogen) atoms. The SMILES string of the molecule is COc1ccc(-c2nc(-c3ccc(F)cc3)c(/C=C/C(O)CC(O)CC(=O)O)c(C3CC3)n2)cc1.[H-].[Na+]. The second-order valence-electron chi connectivity index (χ2n) is 8.62. The van der Waals surface area contributed by atoms with Crippen molar-refractivity contribution in [3.05, 3.63) is 71.7 Å². The molecule has 0 bridgehead atoms. The number of halogens is 1. The molecule has 1 fully saturated rings.